The zero-order chi connectivity index (χ0) is 28.2. The number of carbonyl (C=O) groups excluding carboxylic acids is 1. The van der Waals surface area contributed by atoms with E-state index in [4.69, 9.17) is 19.2 Å². The SMILES string of the molecule is COc1ccc2cc1OCCN(C(=O)CCn1nnnc1C)Cc1cc(CN3CCOCC3)cc(c1)-n1ccnc1-2. The Bertz CT molecular complexity index is 1510. The number of hydrogen-bond acceptors (Lipinski definition) is 9. The van der Waals surface area contributed by atoms with Gasteiger partial charge in [-0.2, -0.15) is 0 Å². The number of imidazole rings is 1. The molecule has 2 aliphatic rings. The van der Waals surface area contributed by atoms with Crippen LogP contribution in [-0.2, 0) is 29.2 Å². The zero-order valence-electron chi connectivity index (χ0n) is 23.4. The van der Waals surface area contributed by atoms with E-state index >= 15 is 0 Å². The van der Waals surface area contributed by atoms with Crippen LogP contribution in [0.2, 0.25) is 0 Å². The lowest BCUT2D eigenvalue weighted by Gasteiger charge is -2.27. The van der Waals surface area contributed by atoms with Crippen LogP contribution in [0, 0.1) is 6.92 Å². The molecule has 0 unspecified atom stereocenters. The van der Waals surface area contributed by atoms with Gasteiger partial charge in [0.1, 0.15) is 18.3 Å². The second-order valence-corrected chi connectivity index (χ2v) is 10.2. The van der Waals surface area contributed by atoms with Crippen LogP contribution in [0.1, 0.15) is 23.4 Å². The van der Waals surface area contributed by atoms with Gasteiger partial charge in [0.2, 0.25) is 5.91 Å². The number of methoxy groups -OCH3 is 1. The zero-order valence-corrected chi connectivity index (χ0v) is 23.4. The van der Waals surface area contributed by atoms with Crippen molar-refractivity contribution < 1.29 is 19.0 Å². The molecule has 1 fully saturated rings. The number of morpholine rings is 1. The molecular formula is C29H34N8O4. The number of aromatic nitrogens is 6. The van der Waals surface area contributed by atoms with Gasteiger partial charge in [-0.25, -0.2) is 9.67 Å². The minimum absolute atomic E-state index is 0.00235. The highest BCUT2D eigenvalue weighted by Gasteiger charge is 2.20. The number of nitrogens with zero attached hydrogens (tertiary/aromatic N) is 8. The molecule has 12 nitrogen and oxygen atoms in total. The summed E-state index contributed by atoms with van der Waals surface area (Å²) in [6, 6.07) is 12.4. The molecule has 0 radical (unpaired) electrons. The number of ether oxygens (including phenoxy) is 3. The monoisotopic (exact) mass is 558 g/mol. The Morgan fingerprint density at radius 1 is 1.07 bits per heavy atom. The van der Waals surface area contributed by atoms with Gasteiger partial charge < -0.3 is 19.1 Å². The molecule has 2 aliphatic heterocycles. The average Bonchev–Trinajstić information content (AvgIpc) is 3.64. The summed E-state index contributed by atoms with van der Waals surface area (Å²) in [4.78, 5) is 22.5. The van der Waals surface area contributed by atoms with Crippen molar-refractivity contribution in [1.29, 1.82) is 0 Å². The van der Waals surface area contributed by atoms with Crippen molar-refractivity contribution in [2.75, 3.05) is 46.6 Å². The number of rotatable bonds is 6. The highest BCUT2D eigenvalue weighted by molar-refractivity contribution is 5.76. The molecule has 0 saturated carbocycles. The van der Waals surface area contributed by atoms with E-state index in [1.54, 1.807) is 18.0 Å². The summed E-state index contributed by atoms with van der Waals surface area (Å²) in [6.07, 6.45) is 4.04. The van der Waals surface area contributed by atoms with Crippen molar-refractivity contribution in [2.24, 2.45) is 0 Å². The Balaban J connectivity index is 1.37. The van der Waals surface area contributed by atoms with Crippen LogP contribution in [0.5, 0.6) is 11.5 Å². The van der Waals surface area contributed by atoms with E-state index in [2.05, 4.69) is 43.2 Å². The minimum Gasteiger partial charge on any atom is -0.493 e. The maximum atomic E-state index is 13.6. The molecule has 4 bridgehead atoms. The molecule has 4 aromatic rings. The van der Waals surface area contributed by atoms with E-state index in [1.807, 2.05) is 36.2 Å². The quantitative estimate of drug-likeness (QED) is 0.352. The summed E-state index contributed by atoms with van der Waals surface area (Å²) < 4.78 is 21.1. The average molecular weight is 559 g/mol. The maximum absolute atomic E-state index is 13.6. The summed E-state index contributed by atoms with van der Waals surface area (Å²) in [5.74, 6) is 2.71. The van der Waals surface area contributed by atoms with Crippen LogP contribution >= 0.6 is 0 Å². The fourth-order valence-corrected chi connectivity index (χ4v) is 5.33. The third-order valence-electron chi connectivity index (χ3n) is 7.48. The third-order valence-corrected chi connectivity index (χ3v) is 7.48. The Morgan fingerprint density at radius 2 is 1.95 bits per heavy atom. The minimum atomic E-state index is 0.00235. The van der Waals surface area contributed by atoms with Crippen LogP contribution in [0.3, 0.4) is 0 Å². The standard InChI is InChI=1S/C29H34N8O4/c1-21-31-32-33-37(21)7-5-28(38)35-11-14-41-27-18-24(3-4-26(27)39-2)29-30-6-8-36(29)25-16-22(15-23(17-25)20-35)19-34-9-12-40-13-10-34/h3-4,6,8,15-18H,5,7,9-14,19-20H2,1-2H3. The van der Waals surface area contributed by atoms with Crippen molar-refractivity contribution in [3.63, 3.8) is 0 Å². The number of tetrazole rings is 1. The lowest BCUT2D eigenvalue weighted by Crippen LogP contribution is -2.36. The summed E-state index contributed by atoms with van der Waals surface area (Å²) in [5, 5.41) is 11.6. The molecule has 2 aromatic heterocycles. The second kappa shape index (κ2) is 12.1. The molecule has 0 aliphatic carbocycles. The topological polar surface area (TPSA) is 113 Å². The normalized spacial score (nSPS) is 15.7. The van der Waals surface area contributed by atoms with Crippen LogP contribution in [0.4, 0.5) is 0 Å². The van der Waals surface area contributed by atoms with Gasteiger partial charge in [-0.3, -0.25) is 14.3 Å². The Morgan fingerprint density at radius 3 is 2.76 bits per heavy atom. The first-order valence-electron chi connectivity index (χ1n) is 13.9. The first-order valence-corrected chi connectivity index (χ1v) is 13.9. The van der Waals surface area contributed by atoms with Gasteiger partial charge in [0.15, 0.2) is 11.5 Å². The molecule has 4 heterocycles. The number of benzene rings is 2. The summed E-state index contributed by atoms with van der Waals surface area (Å²) in [5.41, 5.74) is 4.13. The van der Waals surface area contributed by atoms with Gasteiger partial charge in [-0.05, 0) is 58.8 Å². The predicted octanol–water partition coefficient (Wildman–Crippen LogP) is 2.49. The van der Waals surface area contributed by atoms with Crippen molar-refractivity contribution in [3.8, 4) is 28.6 Å². The van der Waals surface area contributed by atoms with Crippen LogP contribution in [-0.4, -0.2) is 92.0 Å². The first-order chi connectivity index (χ1) is 20.1. The van der Waals surface area contributed by atoms with Gasteiger partial charge in [-0.15, -0.1) is 5.10 Å². The van der Waals surface area contributed by atoms with E-state index in [-0.39, 0.29) is 12.3 Å². The van der Waals surface area contributed by atoms with E-state index in [0.717, 1.165) is 55.5 Å². The lowest BCUT2D eigenvalue weighted by molar-refractivity contribution is -0.132. The molecular weight excluding hydrogens is 524 g/mol. The molecule has 2 aromatic carbocycles. The molecule has 0 spiro atoms. The third kappa shape index (κ3) is 6.08. The molecule has 1 amide bonds. The molecule has 0 N–H and O–H groups in total. The largest absolute Gasteiger partial charge is 0.493 e. The molecule has 214 valence electrons. The fourth-order valence-electron chi connectivity index (χ4n) is 5.33. The molecule has 12 heteroatoms. The van der Waals surface area contributed by atoms with E-state index in [9.17, 15) is 4.79 Å². The molecule has 41 heavy (non-hydrogen) atoms. The number of hydrogen-bond donors (Lipinski definition) is 0. The molecule has 1 saturated heterocycles. The van der Waals surface area contributed by atoms with Crippen molar-refractivity contribution >= 4 is 5.91 Å². The second-order valence-electron chi connectivity index (χ2n) is 10.2. The highest BCUT2D eigenvalue weighted by atomic mass is 16.5. The number of amides is 1. The first kappa shape index (κ1) is 26.9. The van der Waals surface area contributed by atoms with Gasteiger partial charge in [-0.1, -0.05) is 6.07 Å². The van der Waals surface area contributed by atoms with E-state index in [0.29, 0.717) is 43.6 Å². The van der Waals surface area contributed by atoms with Gasteiger partial charge in [0.05, 0.1) is 33.4 Å². The Labute approximate surface area is 238 Å². The van der Waals surface area contributed by atoms with E-state index < -0.39 is 0 Å². The molecule has 0 atom stereocenters. The predicted molar refractivity (Wildman–Crippen MR) is 150 cm³/mol. The molecule has 6 rings (SSSR count). The van der Waals surface area contributed by atoms with Crippen molar-refractivity contribution in [2.45, 2.75) is 33.0 Å². The lowest BCUT2D eigenvalue weighted by atomic mass is 10.1. The van der Waals surface area contributed by atoms with Crippen LogP contribution in [0.15, 0.2) is 48.8 Å². The summed E-state index contributed by atoms with van der Waals surface area (Å²) in [7, 11) is 1.62. The number of carbonyl (C=O) groups is 1. The fraction of sp³-hybridized carbons (Fsp3) is 0.414. The van der Waals surface area contributed by atoms with Gasteiger partial charge in [0, 0.05) is 56.2 Å². The van der Waals surface area contributed by atoms with Gasteiger partial charge >= 0.3 is 0 Å². The number of fused-ring (bicyclic) bond motifs is 7. The van der Waals surface area contributed by atoms with E-state index in [1.165, 1.54) is 5.56 Å². The highest BCUT2D eigenvalue weighted by Crippen LogP contribution is 2.33. The van der Waals surface area contributed by atoms with Crippen molar-refractivity contribution in [3.05, 3.63) is 65.7 Å². The van der Waals surface area contributed by atoms with Crippen LogP contribution < -0.4 is 9.47 Å². The Kier molecular flexibility index (Phi) is 7.92. The van der Waals surface area contributed by atoms with Crippen molar-refractivity contribution in [1.82, 2.24) is 39.6 Å². The summed E-state index contributed by atoms with van der Waals surface area (Å²) >= 11 is 0. The maximum Gasteiger partial charge on any atom is 0.224 e. The number of aryl methyl sites for hydroxylation is 2. The smallest absolute Gasteiger partial charge is 0.224 e. The Hall–Kier alpha value is -4.29. The summed E-state index contributed by atoms with van der Waals surface area (Å²) in [6.45, 7) is 7.46. The van der Waals surface area contributed by atoms with Crippen LogP contribution in [0.25, 0.3) is 17.1 Å². The van der Waals surface area contributed by atoms with Gasteiger partial charge in [0.25, 0.3) is 0 Å².